The molecule has 0 radical (unpaired) electrons. The summed E-state index contributed by atoms with van der Waals surface area (Å²) in [5, 5.41) is 8.94. The number of nitrogens with zero attached hydrogens (tertiary/aromatic N) is 3. The standard InChI is InChI=1S/C26H44F2N4OS/c1-7-20(11-9-15-26(27,28)8-2)14-17-32-23-13-12-21(31(6)34-29-16-10-18-33)19-22(23)30-24(32)25(3,4)5/h12-13,19-20,29,33H,7-11,14-18H2,1-6H3. The number of aryl methyl sites for hydroxylation is 1. The van der Waals surface area contributed by atoms with Crippen LogP contribution in [-0.2, 0) is 12.0 Å². The first-order chi connectivity index (χ1) is 16.0. The highest BCUT2D eigenvalue weighted by Crippen LogP contribution is 2.32. The number of hydrogen-bond donors (Lipinski definition) is 2. The van der Waals surface area contributed by atoms with E-state index in [0.717, 1.165) is 61.3 Å². The summed E-state index contributed by atoms with van der Waals surface area (Å²) in [5.74, 6) is -1.04. The number of hydrogen-bond acceptors (Lipinski definition) is 5. The van der Waals surface area contributed by atoms with Crippen LogP contribution >= 0.6 is 12.1 Å². The Hall–Kier alpha value is -1.38. The molecular weight excluding hydrogens is 454 g/mol. The summed E-state index contributed by atoms with van der Waals surface area (Å²) in [4.78, 5) is 5.02. The molecule has 1 atom stereocenters. The van der Waals surface area contributed by atoms with E-state index in [1.165, 1.54) is 12.1 Å². The van der Waals surface area contributed by atoms with Gasteiger partial charge in [0.2, 0.25) is 5.92 Å². The van der Waals surface area contributed by atoms with E-state index < -0.39 is 5.92 Å². The summed E-state index contributed by atoms with van der Waals surface area (Å²) < 4.78 is 34.9. The molecule has 0 amide bonds. The fraction of sp³-hybridized carbons (Fsp3) is 0.731. The number of anilines is 1. The molecule has 0 aliphatic rings. The molecular formula is C26H44F2N4OS. The number of fused-ring (bicyclic) bond motifs is 1. The smallest absolute Gasteiger partial charge is 0.247 e. The number of halogens is 2. The summed E-state index contributed by atoms with van der Waals surface area (Å²) in [6, 6.07) is 6.37. The molecule has 2 N–H and O–H groups in total. The second-order valence-electron chi connectivity index (χ2n) is 10.2. The number of aromatic nitrogens is 2. The van der Waals surface area contributed by atoms with Gasteiger partial charge in [-0.3, -0.25) is 0 Å². The first-order valence-corrected chi connectivity index (χ1v) is 13.4. The molecule has 0 aliphatic heterocycles. The molecule has 8 heteroatoms. The van der Waals surface area contributed by atoms with Crippen LogP contribution in [-0.4, -0.2) is 40.8 Å². The monoisotopic (exact) mass is 498 g/mol. The van der Waals surface area contributed by atoms with Crippen LogP contribution in [0.2, 0.25) is 0 Å². The number of nitrogens with one attached hydrogen (secondary N) is 1. The van der Waals surface area contributed by atoms with Gasteiger partial charge in [0, 0.05) is 57.1 Å². The van der Waals surface area contributed by atoms with Gasteiger partial charge < -0.3 is 14.0 Å². The van der Waals surface area contributed by atoms with Gasteiger partial charge >= 0.3 is 0 Å². The van der Waals surface area contributed by atoms with Crippen molar-refractivity contribution in [1.82, 2.24) is 14.3 Å². The first kappa shape index (κ1) is 28.9. The fourth-order valence-corrected chi connectivity index (χ4v) is 4.80. The maximum absolute atomic E-state index is 13.6. The molecule has 0 spiro atoms. The molecule has 5 nitrogen and oxygen atoms in total. The van der Waals surface area contributed by atoms with Crippen molar-refractivity contribution in [2.75, 3.05) is 24.5 Å². The van der Waals surface area contributed by atoms with Crippen LogP contribution in [0.15, 0.2) is 18.2 Å². The number of aliphatic hydroxyl groups excluding tert-OH is 1. The van der Waals surface area contributed by atoms with Crippen LogP contribution in [0.25, 0.3) is 11.0 Å². The molecule has 1 aromatic carbocycles. The third-order valence-corrected chi connectivity index (χ3v) is 7.23. The van der Waals surface area contributed by atoms with Crippen molar-refractivity contribution in [3.63, 3.8) is 0 Å². The van der Waals surface area contributed by atoms with Crippen LogP contribution in [0.4, 0.5) is 14.5 Å². The molecule has 1 heterocycles. The topological polar surface area (TPSA) is 53.3 Å². The molecule has 2 aromatic rings. The van der Waals surface area contributed by atoms with Gasteiger partial charge in [0.15, 0.2) is 0 Å². The van der Waals surface area contributed by atoms with E-state index in [1.54, 1.807) is 6.92 Å². The van der Waals surface area contributed by atoms with Gasteiger partial charge in [-0.1, -0.05) is 47.5 Å². The third-order valence-electron chi connectivity index (χ3n) is 6.42. The quantitative estimate of drug-likeness (QED) is 0.206. The average Bonchev–Trinajstić information content (AvgIpc) is 3.17. The number of alkyl halides is 2. The zero-order valence-corrected chi connectivity index (χ0v) is 22.6. The van der Waals surface area contributed by atoms with Crippen molar-refractivity contribution < 1.29 is 13.9 Å². The van der Waals surface area contributed by atoms with Crippen LogP contribution < -0.4 is 9.03 Å². The summed E-state index contributed by atoms with van der Waals surface area (Å²) in [6.07, 6.45) is 4.03. The van der Waals surface area contributed by atoms with Crippen molar-refractivity contribution >= 4 is 28.9 Å². The lowest BCUT2D eigenvalue weighted by Crippen LogP contribution is -2.20. The largest absolute Gasteiger partial charge is 0.396 e. The Morgan fingerprint density at radius 3 is 2.53 bits per heavy atom. The molecule has 194 valence electrons. The Morgan fingerprint density at radius 1 is 1.18 bits per heavy atom. The number of benzene rings is 1. The highest BCUT2D eigenvalue weighted by molar-refractivity contribution is 7.98. The Balaban J connectivity index is 2.15. The molecule has 0 bridgehead atoms. The van der Waals surface area contributed by atoms with Crippen LogP contribution in [0, 0.1) is 5.92 Å². The van der Waals surface area contributed by atoms with Crippen LogP contribution in [0.1, 0.15) is 85.4 Å². The molecule has 0 aliphatic carbocycles. The van der Waals surface area contributed by atoms with E-state index in [-0.39, 0.29) is 24.9 Å². The van der Waals surface area contributed by atoms with Crippen molar-refractivity contribution in [3.8, 4) is 0 Å². The van der Waals surface area contributed by atoms with Gasteiger partial charge in [-0.25, -0.2) is 18.5 Å². The summed E-state index contributed by atoms with van der Waals surface area (Å²) in [6.45, 7) is 12.0. The predicted molar refractivity (Wildman–Crippen MR) is 142 cm³/mol. The van der Waals surface area contributed by atoms with Crippen LogP contribution in [0.5, 0.6) is 0 Å². The highest BCUT2D eigenvalue weighted by atomic mass is 32.2. The predicted octanol–water partition coefficient (Wildman–Crippen LogP) is 6.94. The van der Waals surface area contributed by atoms with Crippen molar-refractivity contribution in [2.45, 2.75) is 97.4 Å². The lowest BCUT2D eigenvalue weighted by molar-refractivity contribution is -0.0146. The third kappa shape index (κ3) is 8.38. The summed E-state index contributed by atoms with van der Waals surface area (Å²) in [5.41, 5.74) is 3.05. The Bertz CT molecular complexity index is 882. The molecule has 1 aromatic heterocycles. The van der Waals surface area contributed by atoms with Gasteiger partial charge in [-0.05, 0) is 43.4 Å². The molecule has 34 heavy (non-hydrogen) atoms. The van der Waals surface area contributed by atoms with Crippen molar-refractivity contribution in [3.05, 3.63) is 24.0 Å². The Labute approximate surface area is 209 Å². The molecule has 1 unspecified atom stereocenters. The van der Waals surface area contributed by atoms with E-state index in [0.29, 0.717) is 12.3 Å². The zero-order valence-electron chi connectivity index (χ0n) is 21.8. The number of aliphatic hydroxyl groups is 1. The average molecular weight is 499 g/mol. The fourth-order valence-electron chi connectivity index (χ4n) is 4.15. The minimum absolute atomic E-state index is 0.00951. The van der Waals surface area contributed by atoms with Gasteiger partial charge in [-0.15, -0.1) is 0 Å². The van der Waals surface area contributed by atoms with E-state index in [9.17, 15) is 8.78 Å². The van der Waals surface area contributed by atoms with Crippen LogP contribution in [0.3, 0.4) is 0 Å². The van der Waals surface area contributed by atoms with E-state index in [4.69, 9.17) is 10.1 Å². The molecule has 0 saturated carbocycles. The Kier molecular flexibility index (Phi) is 11.1. The first-order valence-electron chi connectivity index (χ1n) is 12.7. The van der Waals surface area contributed by atoms with Gasteiger partial charge in [0.25, 0.3) is 0 Å². The van der Waals surface area contributed by atoms with E-state index in [1.807, 2.05) is 7.05 Å². The summed E-state index contributed by atoms with van der Waals surface area (Å²) >= 11 is 1.51. The maximum Gasteiger partial charge on any atom is 0.247 e. The van der Waals surface area contributed by atoms with E-state index >= 15 is 0 Å². The molecule has 2 rings (SSSR count). The van der Waals surface area contributed by atoms with Gasteiger partial charge in [-0.2, -0.15) is 0 Å². The minimum Gasteiger partial charge on any atom is -0.396 e. The minimum atomic E-state index is -2.53. The maximum atomic E-state index is 13.6. The van der Waals surface area contributed by atoms with Crippen molar-refractivity contribution in [2.24, 2.45) is 5.92 Å². The van der Waals surface area contributed by atoms with Gasteiger partial charge in [0.1, 0.15) is 5.82 Å². The second-order valence-corrected chi connectivity index (χ2v) is 11.3. The normalized spacial score (nSPS) is 13.6. The molecule has 0 saturated heterocycles. The Morgan fingerprint density at radius 2 is 1.91 bits per heavy atom. The zero-order chi connectivity index (χ0) is 25.4. The second kappa shape index (κ2) is 13.1. The van der Waals surface area contributed by atoms with Crippen molar-refractivity contribution in [1.29, 1.82) is 0 Å². The van der Waals surface area contributed by atoms with Gasteiger partial charge in [0.05, 0.1) is 16.7 Å². The number of rotatable bonds is 15. The lowest BCUT2D eigenvalue weighted by atomic mass is 9.93. The van der Waals surface area contributed by atoms with E-state index in [2.05, 4.69) is 59.5 Å². The number of imidazole rings is 1. The highest BCUT2D eigenvalue weighted by Gasteiger charge is 2.26. The molecule has 0 fully saturated rings. The SMILES string of the molecule is CCC(CCCC(F)(F)CC)CCn1c(C(C)(C)C)nc2cc(N(C)SNCCCO)ccc21. The summed E-state index contributed by atoms with van der Waals surface area (Å²) in [7, 11) is 2.01. The lowest BCUT2D eigenvalue weighted by Gasteiger charge is -2.22.